The highest BCUT2D eigenvalue weighted by Crippen LogP contribution is 2.23. The molecule has 0 saturated heterocycles. The molecule has 9 heteroatoms. The van der Waals surface area contributed by atoms with Crippen LogP contribution in [0.3, 0.4) is 0 Å². The van der Waals surface area contributed by atoms with Crippen LogP contribution in [0.1, 0.15) is 13.8 Å². The molecule has 6 nitrogen and oxygen atoms in total. The Labute approximate surface area is 160 Å². The van der Waals surface area contributed by atoms with Crippen molar-refractivity contribution in [1.82, 2.24) is 15.2 Å². The molecule has 2 aromatic carbocycles. The maximum atomic E-state index is 13.8. The third-order valence-corrected chi connectivity index (χ3v) is 4.11. The summed E-state index contributed by atoms with van der Waals surface area (Å²) in [6, 6.07) is 9.61. The smallest absolute Gasteiger partial charge is 0.249 e. The molecule has 146 valence electrons. The minimum absolute atomic E-state index is 0.127. The molecule has 1 aromatic heterocycles. The maximum Gasteiger partial charge on any atom is 0.249 e. The second-order valence-electron chi connectivity index (χ2n) is 5.86. The van der Waals surface area contributed by atoms with Gasteiger partial charge < -0.3 is 15.5 Å². The second kappa shape index (κ2) is 8.55. The molecular formula is C19H19F3N6. The Hall–Kier alpha value is -3.36. The number of halogens is 3. The van der Waals surface area contributed by atoms with Gasteiger partial charge in [0.2, 0.25) is 5.95 Å². The van der Waals surface area contributed by atoms with Crippen LogP contribution in [0.2, 0.25) is 0 Å². The van der Waals surface area contributed by atoms with Gasteiger partial charge in [-0.2, -0.15) is 10.1 Å². The molecule has 0 atom stereocenters. The quantitative estimate of drug-likeness (QED) is 0.576. The fraction of sp³-hybridized carbons (Fsp3) is 0.211. The molecule has 0 spiro atoms. The molecule has 2 N–H and O–H groups in total. The van der Waals surface area contributed by atoms with Gasteiger partial charge in [-0.1, -0.05) is 0 Å². The van der Waals surface area contributed by atoms with Crippen LogP contribution < -0.4 is 15.5 Å². The summed E-state index contributed by atoms with van der Waals surface area (Å²) < 4.78 is 40.2. The number of nitrogens with one attached hydrogen (secondary N) is 2. The molecule has 1 heterocycles. The van der Waals surface area contributed by atoms with E-state index in [-0.39, 0.29) is 17.5 Å². The Morgan fingerprint density at radius 1 is 0.893 bits per heavy atom. The molecule has 0 aliphatic rings. The minimum Gasteiger partial charge on any atom is -0.372 e. The number of hydrogen-bond donors (Lipinski definition) is 2. The van der Waals surface area contributed by atoms with Crippen molar-refractivity contribution in [2.45, 2.75) is 13.8 Å². The fourth-order valence-corrected chi connectivity index (χ4v) is 2.65. The van der Waals surface area contributed by atoms with E-state index in [1.807, 2.05) is 24.3 Å². The molecule has 0 aliphatic heterocycles. The predicted octanol–water partition coefficient (Wildman–Crippen LogP) is 4.62. The second-order valence-corrected chi connectivity index (χ2v) is 5.86. The van der Waals surface area contributed by atoms with Crippen molar-refractivity contribution in [3.63, 3.8) is 0 Å². The van der Waals surface area contributed by atoms with E-state index in [1.54, 1.807) is 0 Å². The number of rotatable bonds is 7. The summed E-state index contributed by atoms with van der Waals surface area (Å²) >= 11 is 0. The minimum atomic E-state index is -1.56. The summed E-state index contributed by atoms with van der Waals surface area (Å²) in [4.78, 5) is 6.37. The Bertz CT molecular complexity index is 945. The largest absolute Gasteiger partial charge is 0.372 e. The molecule has 0 radical (unpaired) electrons. The van der Waals surface area contributed by atoms with E-state index >= 15 is 0 Å². The van der Waals surface area contributed by atoms with E-state index in [9.17, 15) is 13.2 Å². The normalized spacial score (nSPS) is 10.6. The first-order chi connectivity index (χ1) is 13.5. The van der Waals surface area contributed by atoms with Crippen LogP contribution in [-0.4, -0.2) is 28.3 Å². The van der Waals surface area contributed by atoms with E-state index in [0.29, 0.717) is 0 Å². The average Bonchev–Trinajstić information content (AvgIpc) is 2.71. The molecule has 28 heavy (non-hydrogen) atoms. The molecule has 0 amide bonds. The maximum absolute atomic E-state index is 13.8. The lowest BCUT2D eigenvalue weighted by molar-refractivity contribution is 0.449. The summed E-state index contributed by atoms with van der Waals surface area (Å²) in [5.41, 5.74) is 1.58. The van der Waals surface area contributed by atoms with Crippen molar-refractivity contribution < 1.29 is 13.2 Å². The van der Waals surface area contributed by atoms with Gasteiger partial charge in [-0.25, -0.2) is 13.2 Å². The molecule has 0 bridgehead atoms. The monoisotopic (exact) mass is 388 g/mol. The SMILES string of the molecule is CCN(CC)c1ccc(Nc2nncc(Nc3ccc(F)c(F)c3F)n2)cc1. The molecule has 0 unspecified atom stereocenters. The summed E-state index contributed by atoms with van der Waals surface area (Å²) in [7, 11) is 0. The van der Waals surface area contributed by atoms with Gasteiger partial charge in [0, 0.05) is 24.5 Å². The van der Waals surface area contributed by atoms with Crippen molar-refractivity contribution in [3.05, 3.63) is 60.0 Å². The molecule has 0 saturated carbocycles. The van der Waals surface area contributed by atoms with Crippen LogP contribution >= 0.6 is 0 Å². The summed E-state index contributed by atoms with van der Waals surface area (Å²) in [5.74, 6) is -3.86. The van der Waals surface area contributed by atoms with Gasteiger partial charge in [0.15, 0.2) is 23.3 Å². The van der Waals surface area contributed by atoms with Crippen molar-refractivity contribution in [1.29, 1.82) is 0 Å². The van der Waals surface area contributed by atoms with Crippen LogP contribution in [-0.2, 0) is 0 Å². The van der Waals surface area contributed by atoms with E-state index in [2.05, 4.69) is 44.6 Å². The Kier molecular flexibility index (Phi) is 5.93. The molecule has 0 fully saturated rings. The average molecular weight is 388 g/mol. The highest BCUT2D eigenvalue weighted by molar-refractivity contribution is 5.61. The standard InChI is InChI=1S/C19H19F3N6/c1-3-28(4-2)13-7-5-12(6-8-13)24-19-26-16(11-23-27-19)25-15-10-9-14(20)17(21)18(15)22/h5-11H,3-4H2,1-2H3,(H2,24,25,26,27). The van der Waals surface area contributed by atoms with Crippen molar-refractivity contribution in [2.75, 3.05) is 28.6 Å². The zero-order chi connectivity index (χ0) is 20.1. The molecule has 3 aromatic rings. The molecule has 0 aliphatic carbocycles. The van der Waals surface area contributed by atoms with Crippen LogP contribution in [0, 0.1) is 17.5 Å². The van der Waals surface area contributed by atoms with Crippen LogP contribution in [0.15, 0.2) is 42.6 Å². The topological polar surface area (TPSA) is 66.0 Å². The number of anilines is 5. The van der Waals surface area contributed by atoms with Gasteiger partial charge in [0.05, 0.1) is 11.9 Å². The van der Waals surface area contributed by atoms with Crippen molar-refractivity contribution >= 4 is 28.8 Å². The fourth-order valence-electron chi connectivity index (χ4n) is 2.65. The number of nitrogens with zero attached hydrogens (tertiary/aromatic N) is 4. The predicted molar refractivity (Wildman–Crippen MR) is 103 cm³/mol. The summed E-state index contributed by atoms with van der Waals surface area (Å²) in [6.45, 7) is 5.99. The van der Waals surface area contributed by atoms with Crippen LogP contribution in [0.25, 0.3) is 0 Å². The Morgan fingerprint density at radius 2 is 1.61 bits per heavy atom. The first kappa shape index (κ1) is 19.4. The number of benzene rings is 2. The molecule has 3 rings (SSSR count). The van der Waals surface area contributed by atoms with E-state index in [4.69, 9.17) is 0 Å². The Balaban J connectivity index is 1.74. The Morgan fingerprint density at radius 3 is 2.29 bits per heavy atom. The van der Waals surface area contributed by atoms with Gasteiger partial charge in [-0.15, -0.1) is 5.10 Å². The number of aromatic nitrogens is 3. The lowest BCUT2D eigenvalue weighted by atomic mass is 10.2. The lowest BCUT2D eigenvalue weighted by Gasteiger charge is -2.21. The zero-order valence-electron chi connectivity index (χ0n) is 15.4. The van der Waals surface area contributed by atoms with E-state index < -0.39 is 17.5 Å². The summed E-state index contributed by atoms with van der Waals surface area (Å²) in [5, 5.41) is 13.2. The first-order valence-electron chi connectivity index (χ1n) is 8.74. The first-order valence-corrected chi connectivity index (χ1v) is 8.74. The lowest BCUT2D eigenvalue weighted by Crippen LogP contribution is -2.21. The highest BCUT2D eigenvalue weighted by Gasteiger charge is 2.14. The van der Waals surface area contributed by atoms with Crippen molar-refractivity contribution in [3.8, 4) is 0 Å². The van der Waals surface area contributed by atoms with E-state index in [1.165, 1.54) is 6.20 Å². The number of hydrogen-bond acceptors (Lipinski definition) is 6. The van der Waals surface area contributed by atoms with Gasteiger partial charge in [0.1, 0.15) is 0 Å². The molecular weight excluding hydrogens is 369 g/mol. The highest BCUT2D eigenvalue weighted by atomic mass is 19.2. The summed E-state index contributed by atoms with van der Waals surface area (Å²) in [6.07, 6.45) is 1.25. The van der Waals surface area contributed by atoms with Gasteiger partial charge in [-0.3, -0.25) is 0 Å². The van der Waals surface area contributed by atoms with E-state index in [0.717, 1.165) is 36.6 Å². The van der Waals surface area contributed by atoms with Gasteiger partial charge >= 0.3 is 0 Å². The third-order valence-electron chi connectivity index (χ3n) is 4.11. The van der Waals surface area contributed by atoms with Crippen LogP contribution in [0.4, 0.5) is 42.0 Å². The van der Waals surface area contributed by atoms with Crippen LogP contribution in [0.5, 0.6) is 0 Å². The van der Waals surface area contributed by atoms with Gasteiger partial charge in [-0.05, 0) is 50.2 Å². The van der Waals surface area contributed by atoms with Gasteiger partial charge in [0.25, 0.3) is 0 Å². The third kappa shape index (κ3) is 4.30. The zero-order valence-corrected chi connectivity index (χ0v) is 15.4. The van der Waals surface area contributed by atoms with Crippen molar-refractivity contribution in [2.24, 2.45) is 0 Å².